The van der Waals surface area contributed by atoms with E-state index in [1.165, 1.54) is 19.2 Å². The van der Waals surface area contributed by atoms with Gasteiger partial charge in [-0.3, -0.25) is 9.89 Å². The second-order valence-corrected chi connectivity index (χ2v) is 5.80. The summed E-state index contributed by atoms with van der Waals surface area (Å²) in [5, 5.41) is 9.78. The Balaban J connectivity index is 1.65. The molecular formula is C15H17FN4O2S. The maximum absolute atomic E-state index is 13.3. The number of carbonyl (C=O) groups excluding carboxylic acids is 1. The van der Waals surface area contributed by atoms with Crippen LogP contribution in [0.1, 0.15) is 34.9 Å². The molecule has 0 spiro atoms. The third kappa shape index (κ3) is 3.42. The highest BCUT2D eigenvalue weighted by molar-refractivity contribution is 7.71. The van der Waals surface area contributed by atoms with E-state index >= 15 is 0 Å². The van der Waals surface area contributed by atoms with Crippen LogP contribution in [-0.2, 0) is 6.54 Å². The molecule has 3 rings (SSSR count). The van der Waals surface area contributed by atoms with Crippen molar-refractivity contribution in [2.75, 3.05) is 13.7 Å². The number of benzene rings is 1. The molecule has 1 aliphatic rings. The largest absolute Gasteiger partial charge is 0.496 e. The lowest BCUT2D eigenvalue weighted by Crippen LogP contribution is -2.28. The molecule has 1 aromatic carbocycles. The Morgan fingerprint density at radius 3 is 3.04 bits per heavy atom. The molecule has 1 saturated carbocycles. The number of nitrogens with zero attached hydrogens (tertiary/aromatic N) is 2. The minimum absolute atomic E-state index is 0.172. The lowest BCUT2D eigenvalue weighted by atomic mass is 10.2. The summed E-state index contributed by atoms with van der Waals surface area (Å²) < 4.78 is 20.9. The van der Waals surface area contributed by atoms with Crippen molar-refractivity contribution in [3.63, 3.8) is 0 Å². The summed E-state index contributed by atoms with van der Waals surface area (Å²) in [4.78, 5) is 12.2. The summed E-state index contributed by atoms with van der Waals surface area (Å²) in [5.41, 5.74) is 0.172. The second-order valence-electron chi connectivity index (χ2n) is 5.41. The number of ether oxygens (including phenoxy) is 1. The molecule has 0 aliphatic heterocycles. The first-order chi connectivity index (χ1) is 11.1. The fraction of sp³-hybridized carbons (Fsp3) is 0.400. The number of hydrogen-bond donors (Lipinski definition) is 2. The highest BCUT2D eigenvalue weighted by Gasteiger charge is 2.28. The average Bonchev–Trinajstić information content (AvgIpc) is 3.32. The number of halogens is 1. The number of H-pyrrole nitrogens is 1. The quantitative estimate of drug-likeness (QED) is 0.795. The van der Waals surface area contributed by atoms with Crippen molar-refractivity contribution >= 4 is 18.1 Å². The van der Waals surface area contributed by atoms with E-state index in [1.54, 1.807) is 0 Å². The van der Waals surface area contributed by atoms with E-state index in [9.17, 15) is 9.18 Å². The van der Waals surface area contributed by atoms with Gasteiger partial charge in [0.05, 0.1) is 12.7 Å². The van der Waals surface area contributed by atoms with Crippen LogP contribution in [0.15, 0.2) is 18.2 Å². The molecule has 0 unspecified atom stereocenters. The van der Waals surface area contributed by atoms with Gasteiger partial charge in [0, 0.05) is 19.0 Å². The van der Waals surface area contributed by atoms with Gasteiger partial charge in [-0.1, -0.05) is 0 Å². The minimum atomic E-state index is -0.482. The van der Waals surface area contributed by atoms with E-state index in [0.717, 1.165) is 24.7 Å². The second kappa shape index (κ2) is 6.49. The highest BCUT2D eigenvalue weighted by atomic mass is 32.1. The van der Waals surface area contributed by atoms with E-state index in [4.69, 9.17) is 17.0 Å². The predicted molar refractivity (Wildman–Crippen MR) is 84.7 cm³/mol. The van der Waals surface area contributed by atoms with Gasteiger partial charge in [-0.2, -0.15) is 5.10 Å². The Morgan fingerprint density at radius 2 is 2.35 bits per heavy atom. The number of methoxy groups -OCH3 is 1. The minimum Gasteiger partial charge on any atom is -0.496 e. The number of aromatic amines is 1. The van der Waals surface area contributed by atoms with Crippen molar-refractivity contribution in [2.45, 2.75) is 25.3 Å². The summed E-state index contributed by atoms with van der Waals surface area (Å²) in [6.45, 7) is 0.886. The predicted octanol–water partition coefficient (Wildman–Crippen LogP) is 2.40. The summed E-state index contributed by atoms with van der Waals surface area (Å²) >= 11 is 5.21. The molecule has 0 radical (unpaired) electrons. The zero-order chi connectivity index (χ0) is 16.4. The van der Waals surface area contributed by atoms with Gasteiger partial charge in [-0.15, -0.1) is 0 Å². The van der Waals surface area contributed by atoms with Crippen LogP contribution in [0, 0.1) is 10.6 Å². The molecule has 6 nitrogen and oxygen atoms in total. The molecule has 2 N–H and O–H groups in total. The Kier molecular flexibility index (Phi) is 4.42. The van der Waals surface area contributed by atoms with E-state index in [2.05, 4.69) is 15.5 Å². The standard InChI is InChI=1S/C15H17FN4O2S/c1-22-12-5-4-10(16)8-11(12)14(21)17-6-7-20-13(9-2-3-9)18-19-15(20)23/h4-5,8-9H,2-3,6-7H2,1H3,(H,17,21)(H,19,23). The van der Waals surface area contributed by atoms with Gasteiger partial charge in [0.2, 0.25) is 0 Å². The van der Waals surface area contributed by atoms with Gasteiger partial charge in [0.1, 0.15) is 17.4 Å². The zero-order valence-electron chi connectivity index (χ0n) is 12.6. The van der Waals surface area contributed by atoms with Crippen molar-refractivity contribution in [1.82, 2.24) is 20.1 Å². The number of carbonyl (C=O) groups is 1. The third-order valence-electron chi connectivity index (χ3n) is 3.76. The molecule has 23 heavy (non-hydrogen) atoms. The highest BCUT2D eigenvalue weighted by Crippen LogP contribution is 2.38. The summed E-state index contributed by atoms with van der Waals surface area (Å²) in [7, 11) is 1.44. The summed E-state index contributed by atoms with van der Waals surface area (Å²) in [6, 6.07) is 3.84. The zero-order valence-corrected chi connectivity index (χ0v) is 13.5. The topological polar surface area (TPSA) is 71.9 Å². The van der Waals surface area contributed by atoms with Crippen LogP contribution in [0.4, 0.5) is 4.39 Å². The molecule has 0 atom stereocenters. The molecule has 1 fully saturated rings. The van der Waals surface area contributed by atoms with E-state index in [-0.39, 0.29) is 11.5 Å². The summed E-state index contributed by atoms with van der Waals surface area (Å²) in [6.07, 6.45) is 2.24. The average molecular weight is 336 g/mol. The molecule has 1 heterocycles. The van der Waals surface area contributed by atoms with Crippen molar-refractivity contribution in [2.24, 2.45) is 0 Å². The monoisotopic (exact) mass is 336 g/mol. The normalized spacial score (nSPS) is 13.8. The van der Waals surface area contributed by atoms with Gasteiger partial charge in [-0.05, 0) is 43.3 Å². The number of amides is 1. The van der Waals surface area contributed by atoms with Crippen molar-refractivity contribution in [3.8, 4) is 5.75 Å². The maximum Gasteiger partial charge on any atom is 0.255 e. The van der Waals surface area contributed by atoms with E-state index in [1.807, 2.05) is 4.57 Å². The van der Waals surface area contributed by atoms with Crippen LogP contribution in [0.5, 0.6) is 5.75 Å². The number of rotatable bonds is 6. The van der Waals surface area contributed by atoms with Crippen LogP contribution >= 0.6 is 12.2 Å². The van der Waals surface area contributed by atoms with Crippen LogP contribution in [0.3, 0.4) is 0 Å². The molecule has 1 aromatic heterocycles. The Bertz CT molecular complexity index is 782. The fourth-order valence-corrected chi connectivity index (χ4v) is 2.66. The molecule has 1 aliphatic carbocycles. The van der Waals surface area contributed by atoms with E-state index in [0.29, 0.717) is 29.5 Å². The number of nitrogens with one attached hydrogen (secondary N) is 2. The smallest absolute Gasteiger partial charge is 0.255 e. The third-order valence-corrected chi connectivity index (χ3v) is 4.07. The van der Waals surface area contributed by atoms with E-state index < -0.39 is 5.82 Å². The number of aromatic nitrogens is 3. The van der Waals surface area contributed by atoms with Crippen molar-refractivity contribution in [1.29, 1.82) is 0 Å². The molecule has 0 saturated heterocycles. The van der Waals surface area contributed by atoms with Crippen molar-refractivity contribution < 1.29 is 13.9 Å². The van der Waals surface area contributed by atoms with Gasteiger partial charge in [0.15, 0.2) is 4.77 Å². The summed E-state index contributed by atoms with van der Waals surface area (Å²) in [5.74, 6) is 0.866. The SMILES string of the molecule is COc1ccc(F)cc1C(=O)NCCn1c(C2CC2)n[nH]c1=S. The molecule has 2 aromatic rings. The van der Waals surface area contributed by atoms with Crippen molar-refractivity contribution in [3.05, 3.63) is 40.2 Å². The molecule has 1 amide bonds. The Labute approximate surface area is 137 Å². The first-order valence-corrected chi connectivity index (χ1v) is 7.78. The lowest BCUT2D eigenvalue weighted by Gasteiger charge is -2.10. The fourth-order valence-electron chi connectivity index (χ4n) is 2.43. The van der Waals surface area contributed by atoms with Gasteiger partial charge < -0.3 is 14.6 Å². The van der Waals surface area contributed by atoms with Crippen LogP contribution < -0.4 is 10.1 Å². The molecule has 122 valence electrons. The van der Waals surface area contributed by atoms with Gasteiger partial charge >= 0.3 is 0 Å². The molecule has 8 heteroatoms. The maximum atomic E-state index is 13.3. The van der Waals surface area contributed by atoms with Crippen LogP contribution in [0.2, 0.25) is 0 Å². The Hall–Kier alpha value is -2.22. The lowest BCUT2D eigenvalue weighted by molar-refractivity contribution is 0.0948. The molecular weight excluding hydrogens is 319 g/mol. The first-order valence-electron chi connectivity index (χ1n) is 7.37. The van der Waals surface area contributed by atoms with Crippen LogP contribution in [-0.4, -0.2) is 34.3 Å². The van der Waals surface area contributed by atoms with Gasteiger partial charge in [0.25, 0.3) is 5.91 Å². The first kappa shape index (κ1) is 15.7. The van der Waals surface area contributed by atoms with Gasteiger partial charge in [-0.25, -0.2) is 4.39 Å². The van der Waals surface area contributed by atoms with Crippen LogP contribution in [0.25, 0.3) is 0 Å². The Morgan fingerprint density at radius 1 is 1.57 bits per heavy atom. The number of hydrogen-bond acceptors (Lipinski definition) is 4. The molecule has 0 bridgehead atoms.